The highest BCUT2D eigenvalue weighted by Gasteiger charge is 2.13. The smallest absolute Gasteiger partial charge is 0.255 e. The molecule has 0 aromatic carbocycles. The second-order valence-corrected chi connectivity index (χ2v) is 6.67. The molecule has 0 saturated heterocycles. The van der Waals surface area contributed by atoms with E-state index in [1.165, 1.54) is 6.20 Å². The van der Waals surface area contributed by atoms with E-state index in [9.17, 15) is 4.79 Å². The lowest BCUT2D eigenvalue weighted by molar-refractivity contribution is 0.0786. The van der Waals surface area contributed by atoms with Crippen LogP contribution in [0.5, 0.6) is 0 Å². The summed E-state index contributed by atoms with van der Waals surface area (Å²) in [5, 5.41) is 0.386. The van der Waals surface area contributed by atoms with Crippen molar-refractivity contribution in [3.8, 4) is 0 Å². The van der Waals surface area contributed by atoms with E-state index < -0.39 is 0 Å². The van der Waals surface area contributed by atoms with E-state index in [1.807, 2.05) is 12.1 Å². The number of carbonyl (C=O) groups excluding carboxylic acids is 1. The Labute approximate surface area is 123 Å². The third-order valence-corrected chi connectivity index (χ3v) is 4.17. The van der Waals surface area contributed by atoms with Crippen LogP contribution in [0.3, 0.4) is 0 Å². The zero-order valence-electron chi connectivity index (χ0n) is 9.56. The van der Waals surface area contributed by atoms with E-state index in [0.717, 1.165) is 8.66 Å². The Hall–Kier alpha value is -0.910. The van der Waals surface area contributed by atoms with Crippen LogP contribution in [-0.4, -0.2) is 22.8 Å². The molecule has 2 aromatic rings. The molecular weight excluding hydrogens is 336 g/mol. The van der Waals surface area contributed by atoms with Crippen molar-refractivity contribution in [3.63, 3.8) is 0 Å². The summed E-state index contributed by atoms with van der Waals surface area (Å²) >= 11 is 10.7. The molecule has 0 fully saturated rings. The molecule has 2 rings (SSSR count). The predicted molar refractivity (Wildman–Crippen MR) is 77.1 cm³/mol. The largest absolute Gasteiger partial charge is 0.337 e. The molecule has 6 heteroatoms. The highest BCUT2D eigenvalue weighted by Crippen LogP contribution is 2.23. The molecule has 94 valence electrons. The van der Waals surface area contributed by atoms with Crippen molar-refractivity contribution >= 4 is 44.8 Å². The van der Waals surface area contributed by atoms with Gasteiger partial charge in [-0.05, 0) is 40.2 Å². The molecule has 1 amide bonds. The number of amides is 1. The van der Waals surface area contributed by atoms with Crippen LogP contribution in [0, 0.1) is 0 Å². The van der Waals surface area contributed by atoms with Crippen molar-refractivity contribution in [1.29, 1.82) is 0 Å². The van der Waals surface area contributed by atoms with E-state index >= 15 is 0 Å². The molecule has 0 spiro atoms. The average molecular weight is 346 g/mol. The van der Waals surface area contributed by atoms with Crippen molar-refractivity contribution in [2.75, 3.05) is 7.05 Å². The molecule has 2 aromatic heterocycles. The van der Waals surface area contributed by atoms with Crippen molar-refractivity contribution < 1.29 is 4.79 Å². The molecule has 0 saturated carbocycles. The lowest BCUT2D eigenvalue weighted by Crippen LogP contribution is -2.25. The Balaban J connectivity index is 2.07. The first-order valence-corrected chi connectivity index (χ1v) is 7.16. The minimum Gasteiger partial charge on any atom is -0.337 e. The maximum Gasteiger partial charge on any atom is 0.255 e. The first-order chi connectivity index (χ1) is 8.56. The van der Waals surface area contributed by atoms with Crippen LogP contribution >= 0.6 is 38.9 Å². The first kappa shape index (κ1) is 13.5. The number of nitrogens with zero attached hydrogens (tertiary/aromatic N) is 2. The number of thiophene rings is 1. The molecule has 0 radical (unpaired) electrons. The second kappa shape index (κ2) is 5.82. The van der Waals surface area contributed by atoms with E-state index in [2.05, 4.69) is 20.9 Å². The molecule has 0 atom stereocenters. The van der Waals surface area contributed by atoms with Gasteiger partial charge in [0.2, 0.25) is 0 Å². The summed E-state index contributed by atoms with van der Waals surface area (Å²) < 4.78 is 1.06. The normalized spacial score (nSPS) is 10.4. The van der Waals surface area contributed by atoms with Crippen molar-refractivity contribution in [3.05, 3.63) is 49.8 Å². The lowest BCUT2D eigenvalue weighted by atomic mass is 10.2. The van der Waals surface area contributed by atoms with E-state index in [0.29, 0.717) is 17.3 Å². The second-order valence-electron chi connectivity index (χ2n) is 3.74. The Morgan fingerprint density at radius 1 is 1.44 bits per heavy atom. The van der Waals surface area contributed by atoms with Crippen LogP contribution in [0.25, 0.3) is 0 Å². The van der Waals surface area contributed by atoms with Gasteiger partial charge in [0.05, 0.1) is 15.9 Å². The fourth-order valence-corrected chi connectivity index (χ4v) is 3.11. The van der Waals surface area contributed by atoms with Crippen molar-refractivity contribution in [1.82, 2.24) is 9.88 Å². The Bertz CT molecular complexity index is 555. The molecule has 0 unspecified atom stereocenters. The highest BCUT2D eigenvalue weighted by molar-refractivity contribution is 9.11. The zero-order valence-corrected chi connectivity index (χ0v) is 12.7. The lowest BCUT2D eigenvalue weighted by Gasteiger charge is -2.15. The van der Waals surface area contributed by atoms with Crippen LogP contribution in [0.4, 0.5) is 0 Å². The van der Waals surface area contributed by atoms with E-state index in [1.54, 1.807) is 35.4 Å². The van der Waals surface area contributed by atoms with Crippen molar-refractivity contribution in [2.24, 2.45) is 0 Å². The zero-order chi connectivity index (χ0) is 13.1. The van der Waals surface area contributed by atoms with Crippen LogP contribution in [0.15, 0.2) is 34.2 Å². The summed E-state index contributed by atoms with van der Waals surface area (Å²) in [7, 11) is 1.77. The number of rotatable bonds is 3. The van der Waals surface area contributed by atoms with Gasteiger partial charge in [0.15, 0.2) is 0 Å². The average Bonchev–Trinajstić information content (AvgIpc) is 2.75. The molecule has 2 heterocycles. The van der Waals surface area contributed by atoms with Gasteiger partial charge in [-0.2, -0.15) is 0 Å². The highest BCUT2D eigenvalue weighted by atomic mass is 79.9. The fourth-order valence-electron chi connectivity index (χ4n) is 1.46. The molecule has 18 heavy (non-hydrogen) atoms. The third kappa shape index (κ3) is 3.31. The van der Waals surface area contributed by atoms with Gasteiger partial charge in [-0.1, -0.05) is 11.6 Å². The molecule has 3 nitrogen and oxygen atoms in total. The fraction of sp³-hybridized carbons (Fsp3) is 0.167. The summed E-state index contributed by atoms with van der Waals surface area (Å²) in [6.45, 7) is 0.581. The molecule has 0 bridgehead atoms. The number of hydrogen-bond acceptors (Lipinski definition) is 3. The molecule has 0 aliphatic rings. The summed E-state index contributed by atoms with van der Waals surface area (Å²) in [6, 6.07) is 7.27. The van der Waals surface area contributed by atoms with Crippen molar-refractivity contribution in [2.45, 2.75) is 6.54 Å². The number of halogens is 2. The molecule has 0 N–H and O–H groups in total. The van der Waals surface area contributed by atoms with Gasteiger partial charge in [0.1, 0.15) is 5.15 Å². The number of aromatic nitrogens is 1. The van der Waals surface area contributed by atoms with Gasteiger partial charge < -0.3 is 4.90 Å². The number of pyridine rings is 1. The van der Waals surface area contributed by atoms with Gasteiger partial charge in [0, 0.05) is 18.1 Å². The minimum absolute atomic E-state index is 0.0660. The SMILES string of the molecule is CN(Cc1ccc(Br)s1)C(=O)c1ccc(Cl)nc1. The van der Waals surface area contributed by atoms with Gasteiger partial charge in [-0.3, -0.25) is 4.79 Å². The minimum atomic E-state index is -0.0660. The van der Waals surface area contributed by atoms with Crippen LogP contribution in [-0.2, 0) is 6.54 Å². The topological polar surface area (TPSA) is 33.2 Å². The summed E-state index contributed by atoms with van der Waals surface area (Å²) in [4.78, 5) is 18.8. The van der Waals surface area contributed by atoms with Crippen LogP contribution in [0.1, 0.15) is 15.2 Å². The maximum atomic E-state index is 12.1. The molecular formula is C12H10BrClN2OS. The first-order valence-electron chi connectivity index (χ1n) is 5.17. The summed E-state index contributed by atoms with van der Waals surface area (Å²) in [5.74, 6) is -0.0660. The standard InChI is InChI=1S/C12H10BrClN2OS/c1-16(7-9-3-4-10(13)18-9)12(17)8-2-5-11(14)15-6-8/h2-6H,7H2,1H3. The maximum absolute atomic E-state index is 12.1. The Kier molecular flexibility index (Phi) is 4.37. The predicted octanol–water partition coefficient (Wildman–Crippen LogP) is 3.83. The monoisotopic (exact) mass is 344 g/mol. The Morgan fingerprint density at radius 3 is 2.78 bits per heavy atom. The quantitative estimate of drug-likeness (QED) is 0.792. The summed E-state index contributed by atoms with van der Waals surface area (Å²) in [5.41, 5.74) is 0.539. The van der Waals surface area contributed by atoms with E-state index in [-0.39, 0.29) is 5.91 Å². The van der Waals surface area contributed by atoms with Crippen LogP contribution < -0.4 is 0 Å². The van der Waals surface area contributed by atoms with Crippen LogP contribution in [0.2, 0.25) is 5.15 Å². The Morgan fingerprint density at radius 2 is 2.22 bits per heavy atom. The van der Waals surface area contributed by atoms with Gasteiger partial charge in [-0.15, -0.1) is 11.3 Å². The number of hydrogen-bond donors (Lipinski definition) is 0. The third-order valence-electron chi connectivity index (χ3n) is 2.34. The van der Waals surface area contributed by atoms with Gasteiger partial charge in [-0.25, -0.2) is 4.98 Å². The van der Waals surface area contributed by atoms with Gasteiger partial charge in [0.25, 0.3) is 5.91 Å². The molecule has 0 aliphatic heterocycles. The van der Waals surface area contributed by atoms with Gasteiger partial charge >= 0.3 is 0 Å². The summed E-state index contributed by atoms with van der Waals surface area (Å²) in [6.07, 6.45) is 1.49. The number of carbonyl (C=O) groups is 1. The van der Waals surface area contributed by atoms with E-state index in [4.69, 9.17) is 11.6 Å². The molecule has 0 aliphatic carbocycles.